The maximum atomic E-state index is 9.91. The highest BCUT2D eigenvalue weighted by atomic mass is 15.0. The summed E-state index contributed by atoms with van der Waals surface area (Å²) in [5.74, 6) is 0. The second-order valence-electron chi connectivity index (χ2n) is 10.6. The molecule has 10 rings (SSSR count). The lowest BCUT2D eigenvalue weighted by Crippen LogP contribution is -1.99. The van der Waals surface area contributed by atoms with Gasteiger partial charge in [-0.1, -0.05) is 90.2 Å². The van der Waals surface area contributed by atoms with E-state index in [1.165, 1.54) is 40.3 Å². The van der Waals surface area contributed by atoms with Crippen molar-refractivity contribution in [3.63, 3.8) is 0 Å². The standard InChI is InChI=1S/C43H29N3/c1-28-21-23-42-36(25-28)34-15-4-8-19-40(34)46(42)31-22-24-43-37(27-31)35-16-5-9-20-41(35)45(43)30-12-10-11-29(26-30)44-38-17-6-2-13-32(38)33-14-3-7-18-39(33)44/h2-27H,1H3/i2D,3D,4D,5D,6D,7D,8D,9D,13D,14D,15D,16D,17D,18D,19D,20D,21D,22D,23D,24D,25D,27D. The van der Waals surface area contributed by atoms with Crippen LogP contribution in [-0.2, 0) is 0 Å². The fraction of sp³-hybridized carbons (Fsp3) is 0.0233. The van der Waals surface area contributed by atoms with E-state index in [9.17, 15) is 6.85 Å². The molecule has 0 amide bonds. The number of aromatic nitrogens is 3. The third-order valence-electron chi connectivity index (χ3n) is 8.03. The predicted molar refractivity (Wildman–Crippen MR) is 194 cm³/mol. The summed E-state index contributed by atoms with van der Waals surface area (Å²) in [6, 6.07) is -8.27. The molecule has 7 aromatic carbocycles. The molecule has 10 aromatic rings. The summed E-state index contributed by atoms with van der Waals surface area (Å²) >= 11 is 0. The summed E-state index contributed by atoms with van der Waals surface area (Å²) in [4.78, 5) is 0. The maximum Gasteiger partial charge on any atom is 0.0652 e. The van der Waals surface area contributed by atoms with Gasteiger partial charge in [0.1, 0.15) is 0 Å². The van der Waals surface area contributed by atoms with Crippen molar-refractivity contribution < 1.29 is 30.2 Å². The number of benzene rings is 7. The molecule has 0 atom stereocenters. The number of nitrogens with zero attached hydrogens (tertiary/aromatic N) is 3. The minimum absolute atomic E-state index is 0.00292. The first-order valence-corrected chi connectivity index (χ1v) is 14.1. The van der Waals surface area contributed by atoms with Crippen LogP contribution in [0.1, 0.15) is 35.7 Å². The van der Waals surface area contributed by atoms with Gasteiger partial charge in [0, 0.05) is 49.4 Å². The Bertz CT molecular complexity index is 3920. The first-order valence-electron chi connectivity index (χ1n) is 25.1. The van der Waals surface area contributed by atoms with Crippen LogP contribution in [0.25, 0.3) is 82.5 Å². The highest BCUT2D eigenvalue weighted by molar-refractivity contribution is 6.13. The minimum Gasteiger partial charge on any atom is -0.309 e. The Kier molecular flexibility index (Phi) is 2.48. The molecule has 3 aromatic heterocycles. The lowest BCUT2D eigenvalue weighted by atomic mass is 10.1. The molecule has 0 N–H and O–H groups in total. The molecule has 0 unspecified atom stereocenters. The van der Waals surface area contributed by atoms with Crippen molar-refractivity contribution in [3.05, 3.63) is 163 Å². The van der Waals surface area contributed by atoms with Gasteiger partial charge in [-0.05, 0) is 79.5 Å². The van der Waals surface area contributed by atoms with Crippen LogP contribution in [0.5, 0.6) is 0 Å². The van der Waals surface area contributed by atoms with Crippen LogP contribution in [-0.4, -0.2) is 13.7 Å². The Morgan fingerprint density at radius 3 is 1.30 bits per heavy atom. The number of hydrogen-bond acceptors (Lipinski definition) is 0. The molecule has 3 heterocycles. The van der Waals surface area contributed by atoms with Gasteiger partial charge in [0.05, 0.1) is 63.3 Å². The van der Waals surface area contributed by atoms with Gasteiger partial charge in [-0.25, -0.2) is 0 Å². The molecule has 216 valence electrons. The van der Waals surface area contributed by atoms with Crippen molar-refractivity contribution in [2.45, 2.75) is 6.92 Å². The van der Waals surface area contributed by atoms with Gasteiger partial charge >= 0.3 is 0 Å². The molecule has 0 spiro atoms. The smallest absolute Gasteiger partial charge is 0.0652 e. The van der Waals surface area contributed by atoms with Crippen molar-refractivity contribution in [2.75, 3.05) is 0 Å². The first kappa shape index (κ1) is 12.0. The van der Waals surface area contributed by atoms with Crippen molar-refractivity contribution in [1.82, 2.24) is 13.7 Å². The lowest BCUT2D eigenvalue weighted by molar-refractivity contribution is 1.13. The zero-order valence-corrected chi connectivity index (χ0v) is 23.7. The Morgan fingerprint density at radius 1 is 0.391 bits per heavy atom. The second kappa shape index (κ2) is 9.47. The largest absolute Gasteiger partial charge is 0.309 e. The molecule has 3 heteroatoms. The summed E-state index contributed by atoms with van der Waals surface area (Å²) in [5, 5.41) is -1.49. The SMILES string of the molecule is [2H]c1c([2H])c([2H])c2c(c1[2H])c1c([2H])c([2H])c([2H])c([2H])c1n2-c1cccc(-n2c3c([2H])c([2H])c([2H])c([2H])c3c3c([2H])c(-n4c5c([2H])c([2H])c([2H])c([2H])c5c5c([2H])c(C)c([2H])c([2H])c54)c([2H])c([2H])c32)c1. The molecule has 46 heavy (non-hydrogen) atoms. The number of hydrogen-bond donors (Lipinski definition) is 0. The fourth-order valence-corrected chi connectivity index (χ4v) is 6.16. The van der Waals surface area contributed by atoms with E-state index in [1.807, 2.05) is 0 Å². The highest BCUT2D eigenvalue weighted by Gasteiger charge is 2.17. The van der Waals surface area contributed by atoms with Crippen molar-refractivity contribution in [2.24, 2.45) is 0 Å². The van der Waals surface area contributed by atoms with E-state index >= 15 is 0 Å². The Balaban J connectivity index is 1.40. The summed E-state index contributed by atoms with van der Waals surface area (Å²) in [6.07, 6.45) is 0. The molecule has 0 fully saturated rings. The van der Waals surface area contributed by atoms with Gasteiger partial charge in [-0.2, -0.15) is 0 Å². The summed E-state index contributed by atoms with van der Waals surface area (Å²) in [6.45, 7) is 1.40. The zero-order valence-electron chi connectivity index (χ0n) is 45.7. The van der Waals surface area contributed by atoms with Crippen LogP contribution in [0, 0.1) is 6.92 Å². The number of fused-ring (bicyclic) bond motifs is 9. The summed E-state index contributed by atoms with van der Waals surface area (Å²) in [5.41, 5.74) is -2.29. The van der Waals surface area contributed by atoms with Crippen molar-refractivity contribution >= 4 is 65.4 Å². The first-order chi connectivity index (χ1) is 31.9. The Hall–Kier alpha value is -6.06. The molecule has 0 bridgehead atoms. The monoisotopic (exact) mass is 609 g/mol. The molecule has 0 radical (unpaired) electrons. The third kappa shape index (κ3) is 3.48. The van der Waals surface area contributed by atoms with Gasteiger partial charge in [-0.15, -0.1) is 0 Å². The van der Waals surface area contributed by atoms with Gasteiger partial charge in [0.15, 0.2) is 0 Å². The maximum absolute atomic E-state index is 9.91. The van der Waals surface area contributed by atoms with E-state index in [4.69, 9.17) is 23.3 Å². The van der Waals surface area contributed by atoms with Gasteiger partial charge < -0.3 is 13.7 Å². The molecular weight excluding hydrogens is 558 g/mol. The average molecular weight is 610 g/mol. The van der Waals surface area contributed by atoms with E-state index in [1.54, 1.807) is 0 Å². The minimum atomic E-state index is -0.781. The van der Waals surface area contributed by atoms with Gasteiger partial charge in [0.25, 0.3) is 0 Å². The third-order valence-corrected chi connectivity index (χ3v) is 8.03. The Labute approximate surface area is 296 Å². The highest BCUT2D eigenvalue weighted by Crippen LogP contribution is 2.38. The Morgan fingerprint density at radius 2 is 0.783 bits per heavy atom. The van der Waals surface area contributed by atoms with E-state index in [2.05, 4.69) is 0 Å². The van der Waals surface area contributed by atoms with Crippen molar-refractivity contribution in [1.29, 1.82) is 0 Å². The fourth-order valence-electron chi connectivity index (χ4n) is 6.16. The van der Waals surface area contributed by atoms with Gasteiger partial charge in [-0.3, -0.25) is 0 Å². The van der Waals surface area contributed by atoms with Crippen LogP contribution >= 0.6 is 0 Å². The summed E-state index contributed by atoms with van der Waals surface area (Å²) < 4.78 is 200. The van der Waals surface area contributed by atoms with Crippen LogP contribution in [0.3, 0.4) is 0 Å². The summed E-state index contributed by atoms with van der Waals surface area (Å²) in [7, 11) is 0. The molecule has 0 aliphatic rings. The normalized spacial score (nSPS) is 18.7. The molecule has 0 saturated heterocycles. The molecule has 3 nitrogen and oxygen atoms in total. The molecule has 0 saturated carbocycles. The van der Waals surface area contributed by atoms with Crippen LogP contribution in [0.4, 0.5) is 0 Å². The lowest BCUT2D eigenvalue weighted by Gasteiger charge is -2.13. The predicted octanol–water partition coefficient (Wildman–Crippen LogP) is 11.3. The van der Waals surface area contributed by atoms with Crippen LogP contribution in [0.15, 0.2) is 157 Å². The van der Waals surface area contributed by atoms with E-state index in [0.717, 1.165) is 4.57 Å². The molecule has 0 aliphatic carbocycles. The van der Waals surface area contributed by atoms with E-state index < -0.39 is 133 Å². The average Bonchev–Trinajstić information content (AvgIpc) is 4.00. The quantitative estimate of drug-likeness (QED) is 0.189. The van der Waals surface area contributed by atoms with Crippen LogP contribution < -0.4 is 0 Å². The van der Waals surface area contributed by atoms with E-state index in [-0.39, 0.29) is 88.4 Å². The van der Waals surface area contributed by atoms with Crippen LogP contribution in [0.2, 0.25) is 0 Å². The van der Waals surface area contributed by atoms with Crippen molar-refractivity contribution in [3.8, 4) is 17.1 Å². The number of para-hydroxylation sites is 4. The van der Waals surface area contributed by atoms with Gasteiger partial charge in [0.2, 0.25) is 0 Å². The molecular formula is C43H29N3. The molecule has 0 aliphatic heterocycles. The number of rotatable bonds is 3. The second-order valence-corrected chi connectivity index (χ2v) is 10.6. The topological polar surface area (TPSA) is 14.8 Å². The zero-order chi connectivity index (χ0) is 49.5. The van der Waals surface area contributed by atoms with E-state index in [0.29, 0.717) is 0 Å².